The van der Waals surface area contributed by atoms with Crippen LogP contribution in [0.15, 0.2) is 89.1 Å². The molecule has 2 unspecified atom stereocenters. The molecule has 0 radical (unpaired) electrons. The van der Waals surface area contributed by atoms with Crippen LogP contribution in [-0.4, -0.2) is 22.2 Å². The van der Waals surface area contributed by atoms with Crippen LogP contribution in [0, 0.1) is 5.41 Å². The normalized spacial score (nSPS) is 19.0. The number of ketones is 1. The number of alkyl halides is 1. The lowest BCUT2D eigenvalue weighted by atomic mass is 9.72. The monoisotopic (exact) mass is 480 g/mol. The lowest BCUT2D eigenvalue weighted by Crippen LogP contribution is -2.23. The summed E-state index contributed by atoms with van der Waals surface area (Å²) in [4.78, 5) is 24.2. The summed E-state index contributed by atoms with van der Waals surface area (Å²) in [5.74, 6) is -1.93. The van der Waals surface area contributed by atoms with Crippen LogP contribution >= 0.6 is 11.6 Å². The minimum atomic E-state index is -1.02. The maximum Gasteiger partial charge on any atom is 0.304 e. The molecule has 1 aliphatic rings. The summed E-state index contributed by atoms with van der Waals surface area (Å²) in [6.07, 6.45) is 15.1. The maximum absolute atomic E-state index is 13.0. The van der Waals surface area contributed by atoms with Gasteiger partial charge in [-0.2, -0.15) is 0 Å². The smallest absolute Gasteiger partial charge is 0.304 e. The molecule has 0 saturated carbocycles. The third-order valence-corrected chi connectivity index (χ3v) is 6.75. The molecule has 0 bridgehead atoms. The average Bonchev–Trinajstić information content (AvgIpc) is 2.73. The van der Waals surface area contributed by atoms with Gasteiger partial charge in [0.2, 0.25) is 0 Å². The molecule has 0 aliphatic heterocycles. The van der Waals surface area contributed by atoms with Gasteiger partial charge in [-0.3, -0.25) is 9.59 Å². The molecule has 0 fully saturated rings. The first-order valence-corrected chi connectivity index (χ1v) is 12.3. The summed E-state index contributed by atoms with van der Waals surface area (Å²) in [6.45, 7) is 10.8. The molecule has 0 spiro atoms. The number of carbonyl (C=O) groups excluding carboxylic acids is 1. The van der Waals surface area contributed by atoms with E-state index in [2.05, 4.69) is 39.8 Å². The van der Waals surface area contributed by atoms with Crippen molar-refractivity contribution in [2.45, 2.75) is 71.6 Å². The third kappa shape index (κ3) is 8.29. The summed E-state index contributed by atoms with van der Waals surface area (Å²) in [6, 6.07) is 9.11. The van der Waals surface area contributed by atoms with E-state index in [0.29, 0.717) is 0 Å². The minimum absolute atomic E-state index is 0.197. The predicted molar refractivity (Wildman–Crippen MR) is 142 cm³/mol. The molecule has 4 heteroatoms. The average molecular weight is 481 g/mol. The number of carbonyl (C=O) groups is 2. The Morgan fingerprint density at radius 2 is 1.79 bits per heavy atom. The highest BCUT2D eigenvalue weighted by molar-refractivity contribution is 6.24. The van der Waals surface area contributed by atoms with Crippen molar-refractivity contribution in [3.63, 3.8) is 0 Å². The van der Waals surface area contributed by atoms with Crippen molar-refractivity contribution < 1.29 is 14.7 Å². The Labute approximate surface area is 209 Å². The van der Waals surface area contributed by atoms with Gasteiger partial charge in [0.1, 0.15) is 0 Å². The zero-order valence-electron chi connectivity index (χ0n) is 21.0. The Kier molecular flexibility index (Phi) is 10.3. The second-order valence-corrected chi connectivity index (χ2v) is 10.4. The van der Waals surface area contributed by atoms with Crippen LogP contribution in [0.2, 0.25) is 0 Å². The molecule has 182 valence electrons. The van der Waals surface area contributed by atoms with E-state index in [1.54, 1.807) is 6.08 Å². The van der Waals surface area contributed by atoms with Gasteiger partial charge in [0, 0.05) is 0 Å². The lowest BCUT2D eigenvalue weighted by Gasteiger charge is -2.32. The van der Waals surface area contributed by atoms with E-state index < -0.39 is 17.3 Å². The van der Waals surface area contributed by atoms with Crippen LogP contribution in [-0.2, 0) is 9.59 Å². The quantitative estimate of drug-likeness (QED) is 0.210. The molecule has 3 nitrogen and oxygen atoms in total. The predicted octanol–water partition coefficient (Wildman–Crippen LogP) is 7.95. The summed E-state index contributed by atoms with van der Waals surface area (Å²) < 4.78 is 0. The molecule has 0 heterocycles. The fraction of sp³-hybridized carbons (Fsp3) is 0.400. The molecule has 2 atom stereocenters. The second-order valence-electron chi connectivity index (χ2n) is 9.83. The van der Waals surface area contributed by atoms with Gasteiger partial charge in [-0.1, -0.05) is 85.7 Å². The topological polar surface area (TPSA) is 54.4 Å². The van der Waals surface area contributed by atoms with Gasteiger partial charge in [-0.15, -0.1) is 11.6 Å². The molecule has 0 amide bonds. The summed E-state index contributed by atoms with van der Waals surface area (Å²) in [5, 5.41) is 8.32. The zero-order valence-corrected chi connectivity index (χ0v) is 21.7. The van der Waals surface area contributed by atoms with Crippen molar-refractivity contribution in [1.29, 1.82) is 0 Å². The van der Waals surface area contributed by atoms with E-state index in [1.807, 2.05) is 55.5 Å². The molecule has 1 aromatic rings. The van der Waals surface area contributed by atoms with Crippen LogP contribution in [0.3, 0.4) is 0 Å². The van der Waals surface area contributed by atoms with Gasteiger partial charge in [-0.25, -0.2) is 0 Å². The number of benzene rings is 1. The van der Waals surface area contributed by atoms with Crippen molar-refractivity contribution in [3.8, 4) is 0 Å². The number of aliphatic carboxylic acids is 1. The molecule has 1 aromatic carbocycles. The van der Waals surface area contributed by atoms with E-state index in [4.69, 9.17) is 16.7 Å². The van der Waals surface area contributed by atoms with Gasteiger partial charge in [-0.05, 0) is 68.2 Å². The van der Waals surface area contributed by atoms with Crippen molar-refractivity contribution in [2.24, 2.45) is 5.41 Å². The van der Waals surface area contributed by atoms with E-state index >= 15 is 0 Å². The highest BCUT2D eigenvalue weighted by Crippen LogP contribution is 2.40. The Balaban J connectivity index is 2.13. The Hall–Kier alpha value is -2.65. The largest absolute Gasteiger partial charge is 0.481 e. The van der Waals surface area contributed by atoms with Crippen LogP contribution < -0.4 is 0 Å². The lowest BCUT2D eigenvalue weighted by molar-refractivity contribution is -0.137. The van der Waals surface area contributed by atoms with Gasteiger partial charge in [0.25, 0.3) is 0 Å². The van der Waals surface area contributed by atoms with Crippen molar-refractivity contribution in [1.82, 2.24) is 0 Å². The molecule has 1 aliphatic carbocycles. The van der Waals surface area contributed by atoms with Gasteiger partial charge in [0.05, 0.1) is 17.7 Å². The molecule has 1 N–H and O–H groups in total. The number of carboxylic acid groups (broad SMARTS) is 1. The highest BCUT2D eigenvalue weighted by atomic mass is 35.5. The maximum atomic E-state index is 13.0. The number of hydrogen-bond donors (Lipinski definition) is 1. The number of halogens is 1. The Bertz CT molecular complexity index is 1020. The number of hydrogen-bond acceptors (Lipinski definition) is 2. The summed E-state index contributed by atoms with van der Waals surface area (Å²) in [5.41, 5.74) is 5.75. The first-order valence-electron chi connectivity index (χ1n) is 11.9. The van der Waals surface area contributed by atoms with E-state index in [9.17, 15) is 9.59 Å². The fourth-order valence-electron chi connectivity index (χ4n) is 4.49. The standard InChI is InChI=1S/C30H37ClO3/c1-21(16-17-25-23(3)13-10-18-30(25,4)5)11-9-12-22(2)19-27(32)29(26(31)20-28(33)34)24-14-7-6-8-15-24/h6-9,11-12,14-17,19,26,29H,10,13,18,20H2,1-5H3,(H,33,34). The van der Waals surface area contributed by atoms with Crippen LogP contribution in [0.4, 0.5) is 0 Å². The van der Waals surface area contributed by atoms with Crippen molar-refractivity contribution >= 4 is 23.4 Å². The molecule has 2 rings (SSSR count). The minimum Gasteiger partial charge on any atom is -0.481 e. The first-order chi connectivity index (χ1) is 16.0. The molecular formula is C30H37ClO3. The Morgan fingerprint density at radius 3 is 2.41 bits per heavy atom. The number of allylic oxidation sites excluding steroid dienone is 10. The van der Waals surface area contributed by atoms with Crippen LogP contribution in [0.5, 0.6) is 0 Å². The number of rotatable bonds is 10. The zero-order chi connectivity index (χ0) is 25.3. The van der Waals surface area contributed by atoms with Crippen molar-refractivity contribution in [3.05, 3.63) is 94.6 Å². The molecule has 0 saturated heterocycles. The first kappa shape index (κ1) is 27.6. The SMILES string of the molecule is CC(C=CC1=C(C)CCCC1(C)C)=CC=CC(C)=CC(=O)C(c1ccccc1)C(Cl)CC(=O)O. The third-order valence-electron chi connectivity index (χ3n) is 6.34. The fourth-order valence-corrected chi connectivity index (χ4v) is 4.89. The van der Waals surface area contributed by atoms with Gasteiger partial charge >= 0.3 is 5.97 Å². The number of carboxylic acids is 1. The van der Waals surface area contributed by atoms with Crippen LogP contribution in [0.25, 0.3) is 0 Å². The van der Waals surface area contributed by atoms with E-state index in [0.717, 1.165) is 16.7 Å². The van der Waals surface area contributed by atoms with E-state index in [-0.39, 0.29) is 17.6 Å². The molecule has 34 heavy (non-hydrogen) atoms. The summed E-state index contributed by atoms with van der Waals surface area (Å²) >= 11 is 6.36. The van der Waals surface area contributed by atoms with Crippen molar-refractivity contribution in [2.75, 3.05) is 0 Å². The Morgan fingerprint density at radius 1 is 1.12 bits per heavy atom. The summed E-state index contributed by atoms with van der Waals surface area (Å²) in [7, 11) is 0. The molecular weight excluding hydrogens is 444 g/mol. The van der Waals surface area contributed by atoms with Gasteiger partial charge < -0.3 is 5.11 Å². The van der Waals surface area contributed by atoms with Crippen LogP contribution in [0.1, 0.15) is 71.8 Å². The molecule has 0 aromatic heterocycles. The van der Waals surface area contributed by atoms with E-state index in [1.165, 1.54) is 30.4 Å². The second kappa shape index (κ2) is 12.7. The highest BCUT2D eigenvalue weighted by Gasteiger charge is 2.29. The van der Waals surface area contributed by atoms with Gasteiger partial charge in [0.15, 0.2) is 5.78 Å².